The van der Waals surface area contributed by atoms with Gasteiger partial charge in [0.2, 0.25) is 0 Å². The fraction of sp³-hybridized carbons (Fsp3) is 0.417. The third-order valence-corrected chi connectivity index (χ3v) is 3.34. The first kappa shape index (κ1) is 12.5. The van der Waals surface area contributed by atoms with E-state index in [-0.39, 0.29) is 0 Å². The van der Waals surface area contributed by atoms with Crippen LogP contribution in [0.3, 0.4) is 0 Å². The van der Waals surface area contributed by atoms with Crippen LogP contribution >= 0.6 is 23.2 Å². The molecule has 1 aromatic rings. The zero-order valence-electron chi connectivity index (χ0n) is 9.71. The van der Waals surface area contributed by atoms with E-state index >= 15 is 0 Å². The lowest BCUT2D eigenvalue weighted by molar-refractivity contribution is 0.534. The zero-order chi connectivity index (χ0) is 12.3. The first-order valence-corrected chi connectivity index (χ1v) is 6.36. The number of benzene rings is 1. The molecule has 1 N–H and O–H groups in total. The second-order valence-corrected chi connectivity index (χ2v) is 4.88. The van der Waals surface area contributed by atoms with Crippen molar-refractivity contribution in [1.82, 2.24) is 10.2 Å². The quantitative estimate of drug-likeness (QED) is 0.915. The van der Waals surface area contributed by atoms with E-state index in [1.165, 1.54) is 0 Å². The molecule has 1 aliphatic heterocycles. The highest BCUT2D eigenvalue weighted by Gasteiger charge is 2.11. The summed E-state index contributed by atoms with van der Waals surface area (Å²) in [4.78, 5) is 6.48. The normalized spacial score (nSPS) is 15.0. The molecule has 1 aliphatic rings. The number of nitrogens with zero attached hydrogens (tertiary/aromatic N) is 2. The van der Waals surface area contributed by atoms with Crippen LogP contribution in [0.25, 0.3) is 0 Å². The molecule has 1 aromatic carbocycles. The summed E-state index contributed by atoms with van der Waals surface area (Å²) in [6.07, 6.45) is 0.864. The van der Waals surface area contributed by atoms with Crippen molar-refractivity contribution in [2.24, 2.45) is 4.99 Å². The van der Waals surface area contributed by atoms with E-state index in [1.807, 2.05) is 19.2 Å². The molecule has 1 heterocycles. The Hall–Kier alpha value is -0.930. The molecule has 3 nitrogen and oxygen atoms in total. The van der Waals surface area contributed by atoms with Crippen LogP contribution in [0, 0.1) is 0 Å². The summed E-state index contributed by atoms with van der Waals surface area (Å²) >= 11 is 11.9. The minimum atomic E-state index is 0.673. The van der Waals surface area contributed by atoms with E-state index in [1.54, 1.807) is 6.07 Å². The first-order valence-electron chi connectivity index (χ1n) is 5.60. The molecule has 0 atom stereocenters. The average molecular weight is 272 g/mol. The maximum Gasteiger partial charge on any atom is 0.193 e. The number of nitrogens with one attached hydrogen (secondary N) is 1. The SMILES string of the molecule is CN1CCN=C1NCCc1ccc(Cl)cc1Cl. The van der Waals surface area contributed by atoms with Gasteiger partial charge in [0.1, 0.15) is 0 Å². The fourth-order valence-electron chi connectivity index (χ4n) is 1.76. The van der Waals surface area contributed by atoms with Gasteiger partial charge in [0.05, 0.1) is 6.54 Å². The molecule has 0 aliphatic carbocycles. The number of hydrogen-bond donors (Lipinski definition) is 1. The highest BCUT2D eigenvalue weighted by atomic mass is 35.5. The minimum Gasteiger partial charge on any atom is -0.356 e. The molecule has 0 radical (unpaired) electrons. The van der Waals surface area contributed by atoms with Gasteiger partial charge in [-0.15, -0.1) is 0 Å². The summed E-state index contributed by atoms with van der Waals surface area (Å²) in [5.74, 6) is 0.968. The average Bonchev–Trinajstić information content (AvgIpc) is 2.68. The van der Waals surface area contributed by atoms with Crippen LogP contribution < -0.4 is 5.32 Å². The standard InChI is InChI=1S/C12H15Cl2N3/c1-17-7-6-16-12(17)15-5-4-9-2-3-10(13)8-11(9)14/h2-3,8H,4-7H2,1H3,(H,15,16). The Labute approximate surface area is 111 Å². The number of hydrogen-bond acceptors (Lipinski definition) is 3. The highest BCUT2D eigenvalue weighted by molar-refractivity contribution is 6.35. The molecule has 0 aromatic heterocycles. The van der Waals surface area contributed by atoms with Crippen LogP contribution in [0.2, 0.25) is 10.0 Å². The Morgan fingerprint density at radius 2 is 2.24 bits per heavy atom. The van der Waals surface area contributed by atoms with Gasteiger partial charge in [0, 0.05) is 30.2 Å². The predicted molar refractivity (Wildman–Crippen MR) is 73.1 cm³/mol. The van der Waals surface area contributed by atoms with Gasteiger partial charge in [0.15, 0.2) is 5.96 Å². The highest BCUT2D eigenvalue weighted by Crippen LogP contribution is 2.21. The van der Waals surface area contributed by atoms with Crippen molar-refractivity contribution in [3.05, 3.63) is 33.8 Å². The molecule has 0 spiro atoms. The first-order chi connectivity index (χ1) is 8.16. The largest absolute Gasteiger partial charge is 0.356 e. The van der Waals surface area contributed by atoms with Gasteiger partial charge in [-0.3, -0.25) is 4.99 Å². The molecule has 0 amide bonds. The molecule has 5 heteroatoms. The maximum atomic E-state index is 6.10. The van der Waals surface area contributed by atoms with E-state index in [9.17, 15) is 0 Å². The molecule has 2 rings (SSSR count). The summed E-state index contributed by atoms with van der Waals surface area (Å²) in [6.45, 7) is 2.69. The van der Waals surface area contributed by atoms with Crippen LogP contribution in [0.5, 0.6) is 0 Å². The van der Waals surface area contributed by atoms with E-state index < -0.39 is 0 Å². The summed E-state index contributed by atoms with van der Waals surface area (Å²) in [5, 5.41) is 4.70. The smallest absolute Gasteiger partial charge is 0.193 e. The van der Waals surface area contributed by atoms with Crippen molar-refractivity contribution in [1.29, 1.82) is 0 Å². The van der Waals surface area contributed by atoms with E-state index in [0.29, 0.717) is 5.02 Å². The Morgan fingerprint density at radius 1 is 1.41 bits per heavy atom. The third kappa shape index (κ3) is 3.27. The Kier molecular flexibility index (Phi) is 4.13. The molecule has 0 saturated carbocycles. The lowest BCUT2D eigenvalue weighted by Crippen LogP contribution is -2.36. The van der Waals surface area contributed by atoms with Crippen molar-refractivity contribution in [2.75, 3.05) is 26.7 Å². The third-order valence-electron chi connectivity index (χ3n) is 2.75. The van der Waals surface area contributed by atoms with Gasteiger partial charge in [-0.2, -0.15) is 0 Å². The summed E-state index contributed by atoms with van der Waals surface area (Å²) in [5.41, 5.74) is 1.10. The van der Waals surface area contributed by atoms with Crippen LogP contribution in [0.1, 0.15) is 5.56 Å². The van der Waals surface area contributed by atoms with E-state index in [0.717, 1.165) is 42.6 Å². The zero-order valence-corrected chi connectivity index (χ0v) is 11.2. The van der Waals surface area contributed by atoms with Crippen LogP contribution in [0.4, 0.5) is 0 Å². The molecule has 0 bridgehead atoms. The number of aliphatic imine (C=N–C) groups is 1. The van der Waals surface area contributed by atoms with Gasteiger partial charge in [-0.1, -0.05) is 29.3 Å². The van der Waals surface area contributed by atoms with Crippen molar-refractivity contribution in [3.8, 4) is 0 Å². The number of rotatable bonds is 3. The van der Waals surface area contributed by atoms with Crippen LogP contribution in [-0.2, 0) is 6.42 Å². The van der Waals surface area contributed by atoms with Gasteiger partial charge in [0.25, 0.3) is 0 Å². The molecular weight excluding hydrogens is 257 g/mol. The Bertz CT molecular complexity index is 432. The number of guanidine groups is 1. The predicted octanol–water partition coefficient (Wildman–Crippen LogP) is 2.43. The van der Waals surface area contributed by atoms with Crippen molar-refractivity contribution in [3.63, 3.8) is 0 Å². The lowest BCUT2D eigenvalue weighted by Gasteiger charge is -2.15. The Balaban J connectivity index is 1.86. The van der Waals surface area contributed by atoms with Crippen LogP contribution in [-0.4, -0.2) is 37.5 Å². The topological polar surface area (TPSA) is 27.6 Å². The van der Waals surface area contributed by atoms with E-state index in [4.69, 9.17) is 23.2 Å². The molecule has 17 heavy (non-hydrogen) atoms. The number of likely N-dealkylation sites (N-methyl/N-ethyl adjacent to an activating group) is 1. The van der Waals surface area contributed by atoms with Crippen molar-refractivity contribution >= 4 is 29.2 Å². The van der Waals surface area contributed by atoms with Crippen molar-refractivity contribution < 1.29 is 0 Å². The molecular formula is C12H15Cl2N3. The molecule has 0 saturated heterocycles. The van der Waals surface area contributed by atoms with Gasteiger partial charge in [-0.25, -0.2) is 0 Å². The summed E-state index contributed by atoms with van der Waals surface area (Å²) in [7, 11) is 2.04. The minimum absolute atomic E-state index is 0.673. The van der Waals surface area contributed by atoms with Crippen molar-refractivity contribution in [2.45, 2.75) is 6.42 Å². The maximum absolute atomic E-state index is 6.10. The molecule has 92 valence electrons. The summed E-state index contributed by atoms with van der Waals surface area (Å²) < 4.78 is 0. The second-order valence-electron chi connectivity index (χ2n) is 4.04. The van der Waals surface area contributed by atoms with Gasteiger partial charge >= 0.3 is 0 Å². The fourth-order valence-corrected chi connectivity index (χ4v) is 2.26. The molecule has 0 unspecified atom stereocenters. The molecule has 0 fully saturated rings. The van der Waals surface area contributed by atoms with E-state index in [2.05, 4.69) is 15.2 Å². The van der Waals surface area contributed by atoms with Crippen LogP contribution in [0.15, 0.2) is 23.2 Å². The van der Waals surface area contributed by atoms with Gasteiger partial charge in [-0.05, 0) is 24.1 Å². The lowest BCUT2D eigenvalue weighted by atomic mass is 10.1. The van der Waals surface area contributed by atoms with Gasteiger partial charge < -0.3 is 10.2 Å². The number of halogens is 2. The Morgan fingerprint density at radius 3 is 2.88 bits per heavy atom. The summed E-state index contributed by atoms with van der Waals surface area (Å²) in [6, 6.07) is 5.60. The monoisotopic (exact) mass is 271 g/mol. The second kappa shape index (κ2) is 5.61.